The smallest absolute Gasteiger partial charge is 0.0105 e. The molecule has 0 aromatic heterocycles. The first-order chi connectivity index (χ1) is 8.02. The summed E-state index contributed by atoms with van der Waals surface area (Å²) in [6.45, 7) is 8.96. The van der Waals surface area contributed by atoms with E-state index in [1.54, 1.807) is 0 Å². The van der Waals surface area contributed by atoms with Gasteiger partial charge in [0.25, 0.3) is 0 Å². The lowest BCUT2D eigenvalue weighted by Crippen LogP contribution is -2.28. The van der Waals surface area contributed by atoms with E-state index in [0.29, 0.717) is 6.04 Å². The third-order valence-electron chi connectivity index (χ3n) is 3.55. The largest absolute Gasteiger partial charge is 0.317 e. The van der Waals surface area contributed by atoms with Gasteiger partial charge in [0.05, 0.1) is 0 Å². The molecule has 1 heteroatoms. The van der Waals surface area contributed by atoms with Crippen molar-refractivity contribution in [1.29, 1.82) is 0 Å². The van der Waals surface area contributed by atoms with Gasteiger partial charge < -0.3 is 5.32 Å². The molecule has 1 unspecified atom stereocenters. The Morgan fingerprint density at radius 2 is 1.76 bits per heavy atom. The summed E-state index contributed by atoms with van der Waals surface area (Å²) < 4.78 is 0. The number of aryl methyl sites for hydroxylation is 2. The number of nitrogens with one attached hydrogen (secondary N) is 1. The average molecular weight is 233 g/mol. The molecule has 1 aromatic rings. The molecular weight excluding hydrogens is 206 g/mol. The second-order valence-corrected chi connectivity index (χ2v) is 5.58. The lowest BCUT2D eigenvalue weighted by molar-refractivity contribution is 0.450. The first-order valence-corrected chi connectivity index (χ1v) is 6.76. The van der Waals surface area contributed by atoms with Crippen LogP contribution in [0, 0.1) is 19.8 Å². The Hall–Kier alpha value is -0.820. The number of benzene rings is 1. The lowest BCUT2D eigenvalue weighted by atomic mass is 9.96. The van der Waals surface area contributed by atoms with Crippen LogP contribution in [0.3, 0.4) is 0 Å². The van der Waals surface area contributed by atoms with Crippen molar-refractivity contribution in [3.63, 3.8) is 0 Å². The molecule has 0 aliphatic rings. The van der Waals surface area contributed by atoms with Gasteiger partial charge in [-0.3, -0.25) is 0 Å². The van der Waals surface area contributed by atoms with E-state index in [-0.39, 0.29) is 0 Å². The number of hydrogen-bond acceptors (Lipinski definition) is 1. The predicted octanol–water partition coefficient (Wildman–Crippen LogP) is 3.87. The standard InChI is InChI=1S/C16H27N/c1-12(2)6-9-16(17-5)11-15-8-7-13(3)14(4)10-15/h7-8,10,12,16-17H,6,9,11H2,1-5H3. The van der Waals surface area contributed by atoms with E-state index in [1.807, 2.05) is 0 Å². The molecular formula is C16H27N. The van der Waals surface area contributed by atoms with Gasteiger partial charge in [-0.05, 0) is 62.8 Å². The topological polar surface area (TPSA) is 12.0 Å². The second kappa shape index (κ2) is 6.80. The summed E-state index contributed by atoms with van der Waals surface area (Å²) in [5.41, 5.74) is 4.24. The van der Waals surface area contributed by atoms with Gasteiger partial charge in [0, 0.05) is 6.04 Å². The zero-order chi connectivity index (χ0) is 12.8. The van der Waals surface area contributed by atoms with E-state index in [4.69, 9.17) is 0 Å². The summed E-state index contributed by atoms with van der Waals surface area (Å²) in [4.78, 5) is 0. The van der Waals surface area contributed by atoms with Gasteiger partial charge >= 0.3 is 0 Å². The fourth-order valence-corrected chi connectivity index (χ4v) is 2.10. The molecule has 0 amide bonds. The molecule has 0 fully saturated rings. The van der Waals surface area contributed by atoms with E-state index in [9.17, 15) is 0 Å². The fraction of sp³-hybridized carbons (Fsp3) is 0.625. The minimum atomic E-state index is 0.611. The van der Waals surface area contributed by atoms with Crippen LogP contribution in [0.15, 0.2) is 18.2 Å². The van der Waals surface area contributed by atoms with Crippen LogP contribution < -0.4 is 5.32 Å². The summed E-state index contributed by atoms with van der Waals surface area (Å²) in [7, 11) is 2.08. The third-order valence-corrected chi connectivity index (χ3v) is 3.55. The van der Waals surface area contributed by atoms with Crippen LogP contribution in [0.5, 0.6) is 0 Å². The molecule has 0 aliphatic carbocycles. The van der Waals surface area contributed by atoms with Crippen LogP contribution in [-0.2, 0) is 6.42 Å². The Labute approximate surface area is 107 Å². The summed E-state index contributed by atoms with van der Waals surface area (Å²) in [5, 5.41) is 3.44. The number of hydrogen-bond donors (Lipinski definition) is 1. The molecule has 0 saturated carbocycles. The van der Waals surface area contributed by atoms with Crippen LogP contribution >= 0.6 is 0 Å². The Kier molecular flexibility index (Phi) is 5.70. The highest BCUT2D eigenvalue weighted by atomic mass is 14.9. The maximum Gasteiger partial charge on any atom is 0.0105 e. The van der Waals surface area contributed by atoms with Gasteiger partial charge in [0.2, 0.25) is 0 Å². The van der Waals surface area contributed by atoms with Crippen molar-refractivity contribution in [3.05, 3.63) is 34.9 Å². The highest BCUT2D eigenvalue weighted by molar-refractivity contribution is 5.30. The quantitative estimate of drug-likeness (QED) is 0.786. The van der Waals surface area contributed by atoms with Crippen molar-refractivity contribution < 1.29 is 0 Å². The molecule has 1 nitrogen and oxygen atoms in total. The van der Waals surface area contributed by atoms with Crippen LogP contribution in [-0.4, -0.2) is 13.1 Å². The fourth-order valence-electron chi connectivity index (χ4n) is 2.10. The van der Waals surface area contributed by atoms with Gasteiger partial charge in [-0.1, -0.05) is 32.0 Å². The molecule has 1 rings (SSSR count). The second-order valence-electron chi connectivity index (χ2n) is 5.58. The molecule has 17 heavy (non-hydrogen) atoms. The molecule has 0 saturated heterocycles. The Morgan fingerprint density at radius 3 is 2.29 bits per heavy atom. The monoisotopic (exact) mass is 233 g/mol. The maximum atomic E-state index is 3.44. The summed E-state index contributed by atoms with van der Waals surface area (Å²) in [5.74, 6) is 0.797. The van der Waals surface area contributed by atoms with Crippen molar-refractivity contribution in [2.24, 2.45) is 5.92 Å². The van der Waals surface area contributed by atoms with Crippen molar-refractivity contribution in [2.75, 3.05) is 7.05 Å². The highest BCUT2D eigenvalue weighted by Crippen LogP contribution is 2.14. The maximum absolute atomic E-state index is 3.44. The minimum Gasteiger partial charge on any atom is -0.317 e. The zero-order valence-electron chi connectivity index (χ0n) is 12.0. The van der Waals surface area contributed by atoms with Crippen molar-refractivity contribution in [2.45, 2.75) is 53.0 Å². The molecule has 1 aromatic carbocycles. The predicted molar refractivity (Wildman–Crippen MR) is 76.5 cm³/mol. The third kappa shape index (κ3) is 4.91. The molecule has 0 heterocycles. The van der Waals surface area contributed by atoms with E-state index < -0.39 is 0 Å². The van der Waals surface area contributed by atoms with Gasteiger partial charge in [-0.2, -0.15) is 0 Å². The summed E-state index contributed by atoms with van der Waals surface area (Å²) in [6, 6.07) is 7.44. The molecule has 0 bridgehead atoms. The Morgan fingerprint density at radius 1 is 1.06 bits per heavy atom. The highest BCUT2D eigenvalue weighted by Gasteiger charge is 2.08. The number of likely N-dealkylation sites (N-methyl/N-ethyl adjacent to an activating group) is 1. The van der Waals surface area contributed by atoms with Gasteiger partial charge in [0.1, 0.15) is 0 Å². The van der Waals surface area contributed by atoms with Crippen molar-refractivity contribution >= 4 is 0 Å². The lowest BCUT2D eigenvalue weighted by Gasteiger charge is -2.18. The SMILES string of the molecule is CNC(CCC(C)C)Cc1ccc(C)c(C)c1. The van der Waals surface area contributed by atoms with Gasteiger partial charge in [-0.15, -0.1) is 0 Å². The molecule has 0 spiro atoms. The molecule has 0 radical (unpaired) electrons. The van der Waals surface area contributed by atoms with E-state index in [1.165, 1.54) is 29.5 Å². The van der Waals surface area contributed by atoms with Gasteiger partial charge in [0.15, 0.2) is 0 Å². The van der Waals surface area contributed by atoms with Crippen molar-refractivity contribution in [1.82, 2.24) is 5.32 Å². The summed E-state index contributed by atoms with van der Waals surface area (Å²) >= 11 is 0. The van der Waals surface area contributed by atoms with Crippen LogP contribution in [0.25, 0.3) is 0 Å². The molecule has 1 N–H and O–H groups in total. The molecule has 96 valence electrons. The number of rotatable bonds is 6. The molecule has 1 atom stereocenters. The minimum absolute atomic E-state index is 0.611. The van der Waals surface area contributed by atoms with E-state index >= 15 is 0 Å². The Bertz CT molecular complexity index is 341. The molecule has 0 aliphatic heterocycles. The first kappa shape index (κ1) is 14.2. The van der Waals surface area contributed by atoms with Crippen LogP contribution in [0.1, 0.15) is 43.4 Å². The van der Waals surface area contributed by atoms with Crippen molar-refractivity contribution in [3.8, 4) is 0 Å². The van der Waals surface area contributed by atoms with Crippen LogP contribution in [0.2, 0.25) is 0 Å². The zero-order valence-corrected chi connectivity index (χ0v) is 12.0. The van der Waals surface area contributed by atoms with Gasteiger partial charge in [-0.25, -0.2) is 0 Å². The van der Waals surface area contributed by atoms with Crippen LogP contribution in [0.4, 0.5) is 0 Å². The Balaban J connectivity index is 2.57. The average Bonchev–Trinajstić information content (AvgIpc) is 2.28. The van der Waals surface area contributed by atoms with E-state index in [2.05, 4.69) is 58.3 Å². The first-order valence-electron chi connectivity index (χ1n) is 6.76. The normalized spacial score (nSPS) is 13.1. The summed E-state index contributed by atoms with van der Waals surface area (Å²) in [6.07, 6.45) is 3.71. The van der Waals surface area contributed by atoms with E-state index in [0.717, 1.165) is 12.3 Å².